The Hall–Kier alpha value is -3.52. The number of aromatic hydroxyl groups is 1. The van der Waals surface area contributed by atoms with Crippen LogP contribution in [0.15, 0.2) is 30.3 Å². The average molecular weight is 522 g/mol. The number of nitrogens with zero attached hydrogens (tertiary/aromatic N) is 2. The molecule has 8 nitrogen and oxygen atoms in total. The Morgan fingerprint density at radius 2 is 1.84 bits per heavy atom. The number of H-pyrrole nitrogens is 1. The molecule has 4 rings (SSSR count). The fourth-order valence-corrected chi connectivity index (χ4v) is 5.28. The number of aryl methyl sites for hydroxylation is 2. The van der Waals surface area contributed by atoms with E-state index in [-0.39, 0.29) is 11.7 Å². The molecule has 1 aromatic heterocycles. The molecule has 8 heteroatoms. The smallest absolute Gasteiger partial charge is 0.273 e. The normalized spacial score (nSPS) is 14.7. The van der Waals surface area contributed by atoms with Gasteiger partial charge in [-0.3, -0.25) is 9.89 Å². The summed E-state index contributed by atoms with van der Waals surface area (Å²) in [6.07, 6.45) is 5.19. The summed E-state index contributed by atoms with van der Waals surface area (Å²) in [6.45, 7) is 7.75. The number of benzene rings is 2. The molecule has 0 bridgehead atoms. The summed E-state index contributed by atoms with van der Waals surface area (Å²) >= 11 is 0. The van der Waals surface area contributed by atoms with E-state index < -0.39 is 6.04 Å². The molecule has 38 heavy (non-hydrogen) atoms. The third-order valence-electron chi connectivity index (χ3n) is 7.07. The second kappa shape index (κ2) is 12.3. The SMILES string of the molecule is CCCCCCOc1ccc(C2c3c(-c4c(C)cc(C)cc4O)n[nH]c3C(=O)N2CCCOC)cc1OC. The first-order chi connectivity index (χ1) is 18.4. The molecular weight excluding hydrogens is 482 g/mol. The standard InChI is InChI=1S/C30H39N3O5/c1-6-7-8-9-15-38-23-12-11-21(18-24(23)37-5)29-26-27(25-20(3)16-19(2)17-22(25)34)31-32-28(26)30(35)33(29)13-10-14-36-4/h11-12,16-18,29,34H,6-10,13-15H2,1-5H3,(H,31,32). The lowest BCUT2D eigenvalue weighted by atomic mass is 9.93. The van der Waals surface area contributed by atoms with Gasteiger partial charge in [0.05, 0.1) is 19.8 Å². The zero-order chi connectivity index (χ0) is 27.2. The van der Waals surface area contributed by atoms with Gasteiger partial charge in [-0.25, -0.2) is 0 Å². The molecule has 1 aliphatic rings. The summed E-state index contributed by atoms with van der Waals surface area (Å²) < 4.78 is 17.0. The van der Waals surface area contributed by atoms with E-state index >= 15 is 0 Å². The molecule has 0 fully saturated rings. The molecule has 2 aromatic carbocycles. The lowest BCUT2D eigenvalue weighted by Crippen LogP contribution is -2.31. The van der Waals surface area contributed by atoms with E-state index in [1.54, 1.807) is 20.3 Å². The number of phenolic OH excluding ortho intramolecular Hbond substituents is 1. The first kappa shape index (κ1) is 27.5. The first-order valence-corrected chi connectivity index (χ1v) is 13.4. The molecule has 0 saturated carbocycles. The van der Waals surface area contributed by atoms with Crippen LogP contribution in [0.1, 0.15) is 77.8 Å². The van der Waals surface area contributed by atoms with Crippen LogP contribution in [0.25, 0.3) is 11.3 Å². The molecule has 1 unspecified atom stereocenters. The lowest BCUT2D eigenvalue weighted by Gasteiger charge is -2.27. The van der Waals surface area contributed by atoms with Crippen molar-refractivity contribution in [3.8, 4) is 28.5 Å². The molecule has 1 amide bonds. The number of unbranched alkanes of at least 4 members (excludes halogenated alkanes) is 3. The second-order valence-electron chi connectivity index (χ2n) is 9.90. The number of carbonyl (C=O) groups is 1. The largest absolute Gasteiger partial charge is 0.507 e. The van der Waals surface area contributed by atoms with Crippen molar-refractivity contribution in [1.82, 2.24) is 15.1 Å². The number of fused-ring (bicyclic) bond motifs is 1. The van der Waals surface area contributed by atoms with Crippen molar-refractivity contribution >= 4 is 5.91 Å². The maximum absolute atomic E-state index is 13.6. The number of hydrogen-bond acceptors (Lipinski definition) is 6. The van der Waals surface area contributed by atoms with Gasteiger partial charge in [0, 0.05) is 31.4 Å². The highest BCUT2D eigenvalue weighted by Crippen LogP contribution is 2.46. The van der Waals surface area contributed by atoms with Gasteiger partial charge < -0.3 is 24.2 Å². The molecule has 0 saturated heterocycles. The number of aromatic nitrogens is 2. The zero-order valence-corrected chi connectivity index (χ0v) is 23.1. The van der Waals surface area contributed by atoms with E-state index in [0.717, 1.165) is 35.1 Å². The van der Waals surface area contributed by atoms with Crippen LogP contribution in [0.4, 0.5) is 0 Å². The van der Waals surface area contributed by atoms with Crippen LogP contribution in [-0.2, 0) is 4.74 Å². The summed E-state index contributed by atoms with van der Waals surface area (Å²) in [6, 6.07) is 9.17. The van der Waals surface area contributed by atoms with Crippen molar-refractivity contribution in [1.29, 1.82) is 0 Å². The highest BCUT2D eigenvalue weighted by molar-refractivity contribution is 6.00. The number of rotatable bonds is 13. The van der Waals surface area contributed by atoms with Crippen molar-refractivity contribution in [2.24, 2.45) is 0 Å². The first-order valence-electron chi connectivity index (χ1n) is 13.4. The topological polar surface area (TPSA) is 96.9 Å². The van der Waals surface area contributed by atoms with E-state index in [1.807, 2.05) is 43.0 Å². The van der Waals surface area contributed by atoms with Gasteiger partial charge in [0.2, 0.25) is 0 Å². The van der Waals surface area contributed by atoms with Crippen LogP contribution in [0.5, 0.6) is 17.2 Å². The maximum Gasteiger partial charge on any atom is 0.273 e. The van der Waals surface area contributed by atoms with Gasteiger partial charge in [0.25, 0.3) is 5.91 Å². The Balaban J connectivity index is 1.75. The van der Waals surface area contributed by atoms with E-state index in [2.05, 4.69) is 17.1 Å². The van der Waals surface area contributed by atoms with Gasteiger partial charge in [-0.1, -0.05) is 38.3 Å². The minimum atomic E-state index is -0.407. The number of hydrogen-bond donors (Lipinski definition) is 2. The molecule has 1 atom stereocenters. The van der Waals surface area contributed by atoms with Gasteiger partial charge >= 0.3 is 0 Å². The highest BCUT2D eigenvalue weighted by Gasteiger charge is 2.42. The monoisotopic (exact) mass is 521 g/mol. The predicted molar refractivity (Wildman–Crippen MR) is 147 cm³/mol. The van der Waals surface area contributed by atoms with Crippen LogP contribution < -0.4 is 9.47 Å². The maximum atomic E-state index is 13.6. The average Bonchev–Trinajstić information content (AvgIpc) is 3.42. The Morgan fingerprint density at radius 3 is 2.55 bits per heavy atom. The molecular formula is C30H39N3O5. The molecule has 0 aliphatic carbocycles. The summed E-state index contributed by atoms with van der Waals surface area (Å²) in [5.74, 6) is 1.32. The fourth-order valence-electron chi connectivity index (χ4n) is 5.28. The number of nitrogens with one attached hydrogen (secondary N) is 1. The molecule has 2 heterocycles. The molecule has 2 N–H and O–H groups in total. The van der Waals surface area contributed by atoms with Gasteiger partial charge in [0.15, 0.2) is 11.5 Å². The third-order valence-corrected chi connectivity index (χ3v) is 7.07. The van der Waals surface area contributed by atoms with Gasteiger partial charge in [-0.05, 0) is 61.6 Å². The van der Waals surface area contributed by atoms with E-state index in [4.69, 9.17) is 14.2 Å². The van der Waals surface area contributed by atoms with Crippen molar-refractivity contribution in [2.45, 2.75) is 58.9 Å². The number of methoxy groups -OCH3 is 2. The molecule has 1 aliphatic heterocycles. The van der Waals surface area contributed by atoms with Crippen molar-refractivity contribution in [2.75, 3.05) is 34.0 Å². The summed E-state index contributed by atoms with van der Waals surface area (Å²) in [4.78, 5) is 15.4. The van der Waals surface area contributed by atoms with E-state index in [1.165, 1.54) is 12.8 Å². The highest BCUT2D eigenvalue weighted by atomic mass is 16.5. The van der Waals surface area contributed by atoms with Crippen molar-refractivity contribution < 1.29 is 24.1 Å². The predicted octanol–water partition coefficient (Wildman–Crippen LogP) is 5.95. The number of ether oxygens (including phenoxy) is 3. The Morgan fingerprint density at radius 1 is 1.03 bits per heavy atom. The van der Waals surface area contributed by atoms with Crippen LogP contribution in [0.2, 0.25) is 0 Å². The van der Waals surface area contributed by atoms with Crippen LogP contribution in [0, 0.1) is 13.8 Å². The van der Waals surface area contributed by atoms with Crippen molar-refractivity contribution in [3.63, 3.8) is 0 Å². The molecule has 0 radical (unpaired) electrons. The molecule has 204 valence electrons. The van der Waals surface area contributed by atoms with Crippen LogP contribution >= 0.6 is 0 Å². The molecule has 3 aromatic rings. The Labute approximate surface area is 224 Å². The van der Waals surface area contributed by atoms with Gasteiger partial charge in [0.1, 0.15) is 17.1 Å². The van der Waals surface area contributed by atoms with Gasteiger partial charge in [-0.2, -0.15) is 5.10 Å². The Bertz CT molecular complexity index is 1250. The Kier molecular flexibility index (Phi) is 8.94. The fraction of sp³-hybridized carbons (Fsp3) is 0.467. The van der Waals surface area contributed by atoms with Gasteiger partial charge in [-0.15, -0.1) is 0 Å². The van der Waals surface area contributed by atoms with Crippen molar-refractivity contribution in [3.05, 3.63) is 58.3 Å². The third kappa shape index (κ3) is 5.50. The minimum Gasteiger partial charge on any atom is -0.507 e. The number of aromatic amines is 1. The number of amides is 1. The summed E-state index contributed by atoms with van der Waals surface area (Å²) in [5, 5.41) is 18.4. The van der Waals surface area contributed by atoms with Crippen LogP contribution in [-0.4, -0.2) is 60.1 Å². The number of phenols is 1. The minimum absolute atomic E-state index is 0.126. The van der Waals surface area contributed by atoms with Crippen LogP contribution in [0.3, 0.4) is 0 Å². The quantitative estimate of drug-likeness (QED) is 0.270. The summed E-state index contributed by atoms with van der Waals surface area (Å²) in [7, 11) is 3.28. The van der Waals surface area contributed by atoms with E-state index in [9.17, 15) is 9.90 Å². The van der Waals surface area contributed by atoms with E-state index in [0.29, 0.717) is 54.6 Å². The second-order valence-corrected chi connectivity index (χ2v) is 9.90. The number of carbonyl (C=O) groups excluding carboxylic acids is 1. The molecule has 0 spiro atoms. The summed E-state index contributed by atoms with van der Waals surface area (Å²) in [5.41, 5.74) is 5.14. The lowest BCUT2D eigenvalue weighted by molar-refractivity contribution is 0.0723. The zero-order valence-electron chi connectivity index (χ0n) is 23.1.